The molecule has 0 aliphatic carbocycles. The number of anilines is 1. The maximum atomic E-state index is 12.9. The maximum absolute atomic E-state index is 12.9. The third-order valence-electron chi connectivity index (χ3n) is 5.07. The monoisotopic (exact) mass is 424 g/mol. The summed E-state index contributed by atoms with van der Waals surface area (Å²) in [7, 11) is 0. The van der Waals surface area contributed by atoms with Gasteiger partial charge in [0.15, 0.2) is 0 Å². The number of benzene rings is 1. The second kappa shape index (κ2) is 7.04. The Balaban J connectivity index is 1.51. The Morgan fingerprint density at radius 3 is 3.04 bits per heavy atom. The van der Waals surface area contributed by atoms with Gasteiger partial charge < -0.3 is 10.2 Å². The van der Waals surface area contributed by atoms with Crippen molar-refractivity contribution in [2.45, 2.75) is 37.2 Å². The molecule has 0 bridgehead atoms. The number of amides is 2. The van der Waals surface area contributed by atoms with Crippen LogP contribution >= 0.6 is 35.0 Å². The van der Waals surface area contributed by atoms with Crippen LogP contribution in [0.15, 0.2) is 30.5 Å². The van der Waals surface area contributed by atoms with Crippen molar-refractivity contribution in [2.24, 2.45) is 0 Å². The van der Waals surface area contributed by atoms with Crippen molar-refractivity contribution in [1.82, 2.24) is 14.7 Å². The van der Waals surface area contributed by atoms with Gasteiger partial charge in [0.1, 0.15) is 11.9 Å². The first-order chi connectivity index (χ1) is 12.9. The smallest absolute Gasteiger partial charge is 0.249 e. The number of thioether (sulfide) groups is 1. The van der Waals surface area contributed by atoms with E-state index in [4.69, 9.17) is 23.2 Å². The Morgan fingerprint density at radius 2 is 2.22 bits per heavy atom. The number of rotatable bonds is 4. The van der Waals surface area contributed by atoms with Crippen LogP contribution in [0.4, 0.5) is 5.82 Å². The van der Waals surface area contributed by atoms with E-state index in [-0.39, 0.29) is 16.7 Å². The summed E-state index contributed by atoms with van der Waals surface area (Å²) in [5, 5.41) is 8.13. The van der Waals surface area contributed by atoms with Crippen LogP contribution < -0.4 is 5.32 Å². The van der Waals surface area contributed by atoms with E-state index in [1.54, 1.807) is 39.7 Å². The van der Waals surface area contributed by atoms with Crippen molar-refractivity contribution in [1.29, 1.82) is 0 Å². The molecule has 27 heavy (non-hydrogen) atoms. The van der Waals surface area contributed by atoms with Crippen molar-refractivity contribution in [2.75, 3.05) is 11.1 Å². The lowest BCUT2D eigenvalue weighted by Crippen LogP contribution is -2.48. The van der Waals surface area contributed by atoms with E-state index in [0.29, 0.717) is 34.6 Å². The first-order valence-electron chi connectivity index (χ1n) is 8.61. The molecule has 6 nitrogen and oxygen atoms in total. The molecule has 2 fully saturated rings. The fourth-order valence-electron chi connectivity index (χ4n) is 3.62. The maximum Gasteiger partial charge on any atom is 0.249 e. The average Bonchev–Trinajstić information content (AvgIpc) is 3.28. The lowest BCUT2D eigenvalue weighted by Gasteiger charge is -2.29. The molecule has 2 amide bonds. The van der Waals surface area contributed by atoms with Crippen LogP contribution in [-0.2, 0) is 16.1 Å². The SMILES string of the molecule is C[C@]12CCC(=O)N1[C@H](C(=O)Nc1ccnn1Cc1cccc(Cl)c1Cl)CS2. The van der Waals surface area contributed by atoms with E-state index in [1.165, 1.54) is 0 Å². The summed E-state index contributed by atoms with van der Waals surface area (Å²) < 4.78 is 1.66. The van der Waals surface area contributed by atoms with Crippen LogP contribution in [0.5, 0.6) is 0 Å². The standard InChI is InChI=1S/C18H18Cl2N4O2S/c1-18-7-5-15(25)24(18)13(10-27-18)17(26)22-14-6-8-21-23(14)9-11-3-2-4-12(19)16(11)20/h2-4,6,8,13H,5,7,9-10H2,1H3,(H,22,26)/t13-,18-/m0/s1. The Labute approximate surface area is 171 Å². The van der Waals surface area contributed by atoms with Crippen LogP contribution in [0.3, 0.4) is 0 Å². The third kappa shape index (κ3) is 3.32. The molecule has 1 aromatic heterocycles. The summed E-state index contributed by atoms with van der Waals surface area (Å²) in [5.74, 6) is 1.01. The number of carbonyl (C=O) groups is 2. The first kappa shape index (κ1) is 18.7. The molecule has 1 aromatic carbocycles. The van der Waals surface area contributed by atoms with E-state index in [1.807, 2.05) is 19.1 Å². The number of hydrogen-bond acceptors (Lipinski definition) is 4. The number of nitrogens with one attached hydrogen (secondary N) is 1. The fourth-order valence-corrected chi connectivity index (χ4v) is 5.43. The number of carbonyl (C=O) groups excluding carboxylic acids is 2. The zero-order valence-corrected chi connectivity index (χ0v) is 16.9. The number of aromatic nitrogens is 2. The quantitative estimate of drug-likeness (QED) is 0.813. The Kier molecular flexibility index (Phi) is 4.86. The highest BCUT2D eigenvalue weighted by Gasteiger charge is 2.52. The lowest BCUT2D eigenvalue weighted by atomic mass is 10.2. The van der Waals surface area contributed by atoms with Gasteiger partial charge in [0, 0.05) is 18.2 Å². The Bertz CT molecular complexity index is 919. The molecule has 142 valence electrons. The van der Waals surface area contributed by atoms with Crippen molar-refractivity contribution in [3.05, 3.63) is 46.1 Å². The molecule has 2 aromatic rings. The number of halogens is 2. The Morgan fingerprint density at radius 1 is 1.41 bits per heavy atom. The number of nitrogens with zero attached hydrogens (tertiary/aromatic N) is 3. The van der Waals surface area contributed by atoms with Gasteiger partial charge in [-0.25, -0.2) is 4.68 Å². The number of fused-ring (bicyclic) bond motifs is 1. The molecule has 2 aliphatic heterocycles. The molecule has 0 saturated carbocycles. The third-order valence-corrected chi connectivity index (χ3v) is 7.43. The average molecular weight is 425 g/mol. The number of hydrogen-bond donors (Lipinski definition) is 1. The fraction of sp³-hybridized carbons (Fsp3) is 0.389. The van der Waals surface area contributed by atoms with Crippen molar-refractivity contribution >= 4 is 52.6 Å². The molecular formula is C18H18Cl2N4O2S. The van der Waals surface area contributed by atoms with Gasteiger partial charge >= 0.3 is 0 Å². The topological polar surface area (TPSA) is 67.2 Å². The molecule has 0 radical (unpaired) electrons. The predicted octanol–water partition coefficient (Wildman–Crippen LogP) is 3.63. The van der Waals surface area contributed by atoms with Crippen molar-refractivity contribution < 1.29 is 9.59 Å². The van der Waals surface area contributed by atoms with Crippen LogP contribution in [0.2, 0.25) is 10.0 Å². The minimum absolute atomic E-state index is 0.0434. The lowest BCUT2D eigenvalue weighted by molar-refractivity contribution is -0.135. The highest BCUT2D eigenvalue weighted by Crippen LogP contribution is 2.47. The summed E-state index contributed by atoms with van der Waals surface area (Å²) in [6, 6.07) is 6.67. The van der Waals surface area contributed by atoms with Gasteiger partial charge in [-0.1, -0.05) is 35.3 Å². The van der Waals surface area contributed by atoms with Crippen LogP contribution in [0.1, 0.15) is 25.3 Å². The molecule has 2 atom stereocenters. The largest absolute Gasteiger partial charge is 0.315 e. The molecule has 2 saturated heterocycles. The van der Waals surface area contributed by atoms with E-state index >= 15 is 0 Å². The minimum Gasteiger partial charge on any atom is -0.315 e. The molecule has 0 spiro atoms. The zero-order valence-electron chi connectivity index (χ0n) is 14.6. The van der Waals surface area contributed by atoms with Crippen molar-refractivity contribution in [3.8, 4) is 0 Å². The Hall–Kier alpha value is -1.70. The highest BCUT2D eigenvalue weighted by atomic mass is 35.5. The van der Waals surface area contributed by atoms with E-state index in [0.717, 1.165) is 12.0 Å². The second-order valence-electron chi connectivity index (χ2n) is 6.84. The summed E-state index contributed by atoms with van der Waals surface area (Å²) in [6.07, 6.45) is 2.90. The normalized spacial score (nSPS) is 24.3. The van der Waals surface area contributed by atoms with Gasteiger partial charge in [-0.05, 0) is 25.0 Å². The van der Waals surface area contributed by atoms with Gasteiger partial charge in [-0.2, -0.15) is 5.10 Å². The second-order valence-corrected chi connectivity index (χ2v) is 9.13. The summed E-state index contributed by atoms with van der Waals surface area (Å²) in [5.41, 5.74) is 0.807. The molecule has 1 N–H and O–H groups in total. The van der Waals surface area contributed by atoms with Crippen LogP contribution in [0, 0.1) is 0 Å². The first-order valence-corrected chi connectivity index (χ1v) is 10.3. The molecule has 3 heterocycles. The van der Waals surface area contributed by atoms with Gasteiger partial charge in [-0.15, -0.1) is 11.8 Å². The van der Waals surface area contributed by atoms with Gasteiger partial charge in [0.05, 0.1) is 27.7 Å². The van der Waals surface area contributed by atoms with Crippen LogP contribution in [-0.4, -0.2) is 43.2 Å². The van der Waals surface area contributed by atoms with E-state index in [2.05, 4.69) is 10.4 Å². The molecule has 4 rings (SSSR count). The minimum atomic E-state index is -0.465. The predicted molar refractivity (Wildman–Crippen MR) is 107 cm³/mol. The summed E-state index contributed by atoms with van der Waals surface area (Å²) in [6.45, 7) is 2.41. The molecular weight excluding hydrogens is 407 g/mol. The van der Waals surface area contributed by atoms with Crippen molar-refractivity contribution in [3.63, 3.8) is 0 Å². The van der Waals surface area contributed by atoms with E-state index < -0.39 is 6.04 Å². The highest BCUT2D eigenvalue weighted by molar-refractivity contribution is 8.01. The van der Waals surface area contributed by atoms with Gasteiger partial charge in [-0.3, -0.25) is 9.59 Å². The van der Waals surface area contributed by atoms with Crippen LogP contribution in [0.25, 0.3) is 0 Å². The molecule has 0 unspecified atom stereocenters. The zero-order chi connectivity index (χ0) is 19.2. The molecule has 2 aliphatic rings. The van der Waals surface area contributed by atoms with Gasteiger partial charge in [0.25, 0.3) is 0 Å². The summed E-state index contributed by atoms with van der Waals surface area (Å²) in [4.78, 5) is 26.6. The van der Waals surface area contributed by atoms with Gasteiger partial charge in [0.2, 0.25) is 11.8 Å². The molecule has 9 heteroatoms. The summed E-state index contributed by atoms with van der Waals surface area (Å²) >= 11 is 14.0. The van der Waals surface area contributed by atoms with E-state index in [9.17, 15) is 9.59 Å².